The van der Waals surface area contributed by atoms with Crippen molar-refractivity contribution in [3.8, 4) is 0 Å². The van der Waals surface area contributed by atoms with Crippen LogP contribution in [-0.4, -0.2) is 34.0 Å². The van der Waals surface area contributed by atoms with E-state index >= 15 is 0 Å². The van der Waals surface area contributed by atoms with Gasteiger partial charge in [-0.3, -0.25) is 4.90 Å². The number of pyridine rings is 1. The Morgan fingerprint density at radius 1 is 1.44 bits per heavy atom. The van der Waals surface area contributed by atoms with Gasteiger partial charge in [0.25, 0.3) is 0 Å². The van der Waals surface area contributed by atoms with E-state index < -0.39 is 5.97 Å². The zero-order chi connectivity index (χ0) is 13.2. The lowest BCUT2D eigenvalue weighted by atomic mass is 9.82. The monoisotopic (exact) mass is 248 g/mol. The largest absolute Gasteiger partial charge is 0.477 e. The van der Waals surface area contributed by atoms with Crippen LogP contribution in [0.1, 0.15) is 42.7 Å². The summed E-state index contributed by atoms with van der Waals surface area (Å²) in [4.78, 5) is 17.3. The van der Waals surface area contributed by atoms with E-state index in [0.717, 1.165) is 31.5 Å². The highest BCUT2D eigenvalue weighted by Gasteiger charge is 2.26. The second-order valence-electron chi connectivity index (χ2n) is 5.76. The van der Waals surface area contributed by atoms with Crippen molar-refractivity contribution in [3.05, 3.63) is 29.6 Å². The van der Waals surface area contributed by atoms with Crippen LogP contribution in [0.4, 0.5) is 0 Å². The molecule has 0 aliphatic carbocycles. The van der Waals surface area contributed by atoms with Gasteiger partial charge in [0.15, 0.2) is 5.69 Å². The number of rotatable bonds is 3. The minimum absolute atomic E-state index is 0.183. The maximum Gasteiger partial charge on any atom is 0.354 e. The zero-order valence-electron chi connectivity index (χ0n) is 11.0. The number of piperidine rings is 1. The molecule has 98 valence electrons. The van der Waals surface area contributed by atoms with Crippen molar-refractivity contribution in [2.75, 3.05) is 13.1 Å². The Morgan fingerprint density at radius 2 is 2.11 bits per heavy atom. The highest BCUT2D eigenvalue weighted by Crippen LogP contribution is 2.30. The number of aromatic carboxylic acids is 1. The van der Waals surface area contributed by atoms with Crippen LogP contribution < -0.4 is 0 Å². The maximum absolute atomic E-state index is 11.1. The Balaban J connectivity index is 2.04. The van der Waals surface area contributed by atoms with E-state index in [1.165, 1.54) is 6.20 Å². The molecule has 2 heterocycles. The van der Waals surface area contributed by atoms with Crippen LogP contribution >= 0.6 is 0 Å². The van der Waals surface area contributed by atoms with Crippen molar-refractivity contribution in [1.29, 1.82) is 0 Å². The number of carbonyl (C=O) groups is 1. The molecular weight excluding hydrogens is 228 g/mol. The number of hydrogen-bond acceptors (Lipinski definition) is 3. The Labute approximate surface area is 108 Å². The van der Waals surface area contributed by atoms with Gasteiger partial charge in [-0.2, -0.15) is 0 Å². The van der Waals surface area contributed by atoms with Crippen LogP contribution in [0.2, 0.25) is 0 Å². The number of nitrogens with zero attached hydrogens (tertiary/aromatic N) is 2. The van der Waals surface area contributed by atoms with Crippen molar-refractivity contribution in [2.45, 2.75) is 33.2 Å². The summed E-state index contributed by atoms with van der Waals surface area (Å²) in [6, 6.07) is 3.66. The average molecular weight is 248 g/mol. The first-order valence-electron chi connectivity index (χ1n) is 6.37. The molecule has 1 N–H and O–H groups in total. The van der Waals surface area contributed by atoms with Crippen molar-refractivity contribution in [3.63, 3.8) is 0 Å². The summed E-state index contributed by atoms with van der Waals surface area (Å²) in [6.45, 7) is 7.32. The first-order valence-corrected chi connectivity index (χ1v) is 6.37. The van der Waals surface area contributed by atoms with Crippen LogP contribution in [0.25, 0.3) is 0 Å². The van der Waals surface area contributed by atoms with Gasteiger partial charge in [-0.1, -0.05) is 19.9 Å². The Kier molecular flexibility index (Phi) is 3.66. The highest BCUT2D eigenvalue weighted by atomic mass is 16.4. The third-order valence-corrected chi connectivity index (χ3v) is 3.70. The molecule has 18 heavy (non-hydrogen) atoms. The van der Waals surface area contributed by atoms with Crippen LogP contribution in [0.5, 0.6) is 0 Å². The fourth-order valence-electron chi connectivity index (χ4n) is 2.32. The number of carboxylic acid groups (broad SMARTS) is 1. The second kappa shape index (κ2) is 5.06. The Hall–Kier alpha value is -1.42. The zero-order valence-corrected chi connectivity index (χ0v) is 11.0. The van der Waals surface area contributed by atoms with Gasteiger partial charge in [0.05, 0.1) is 0 Å². The van der Waals surface area contributed by atoms with Crippen LogP contribution in [0.15, 0.2) is 18.3 Å². The fourth-order valence-corrected chi connectivity index (χ4v) is 2.32. The summed E-state index contributed by atoms with van der Waals surface area (Å²) in [5.41, 5.74) is 1.41. The Morgan fingerprint density at radius 3 is 2.72 bits per heavy atom. The molecule has 2 rings (SSSR count). The summed E-state index contributed by atoms with van der Waals surface area (Å²) >= 11 is 0. The van der Waals surface area contributed by atoms with Crippen molar-refractivity contribution in [2.24, 2.45) is 5.41 Å². The van der Waals surface area contributed by atoms with Gasteiger partial charge in [-0.25, -0.2) is 9.78 Å². The molecule has 4 nitrogen and oxygen atoms in total. The molecular formula is C14H20N2O2. The Bertz CT molecular complexity index is 433. The van der Waals surface area contributed by atoms with Crippen molar-refractivity contribution >= 4 is 5.97 Å². The molecule has 1 aliphatic heterocycles. The molecule has 0 amide bonds. The highest BCUT2D eigenvalue weighted by molar-refractivity contribution is 5.86. The lowest BCUT2D eigenvalue weighted by Gasteiger charge is -2.37. The molecule has 1 aliphatic rings. The third kappa shape index (κ3) is 3.07. The van der Waals surface area contributed by atoms with E-state index in [-0.39, 0.29) is 5.69 Å². The summed E-state index contributed by atoms with van der Waals surface area (Å²) in [5.74, 6) is -0.942. The molecule has 0 aromatic carbocycles. The quantitative estimate of drug-likeness (QED) is 0.892. The second-order valence-corrected chi connectivity index (χ2v) is 5.76. The van der Waals surface area contributed by atoms with Crippen LogP contribution in [0.3, 0.4) is 0 Å². The maximum atomic E-state index is 11.1. The van der Waals surface area contributed by atoms with E-state index in [1.54, 1.807) is 6.07 Å². The van der Waals surface area contributed by atoms with Gasteiger partial charge in [-0.15, -0.1) is 0 Å². The average Bonchev–Trinajstić information content (AvgIpc) is 2.32. The normalized spacial score (nSPS) is 19.7. The SMILES string of the molecule is CC1(C)CCN(Cc2cccnc2C(=O)O)CC1. The summed E-state index contributed by atoms with van der Waals surface area (Å²) in [6.07, 6.45) is 3.86. The van der Waals surface area contributed by atoms with E-state index in [1.807, 2.05) is 6.07 Å². The van der Waals surface area contributed by atoms with Crippen LogP contribution in [-0.2, 0) is 6.54 Å². The first kappa shape index (κ1) is 13.0. The molecule has 1 aromatic heterocycles. The molecule has 0 saturated carbocycles. The molecule has 0 unspecified atom stereocenters. The molecule has 0 spiro atoms. The molecule has 0 atom stereocenters. The van der Waals surface area contributed by atoms with Crippen molar-refractivity contribution < 1.29 is 9.90 Å². The summed E-state index contributed by atoms with van der Waals surface area (Å²) in [7, 11) is 0. The summed E-state index contributed by atoms with van der Waals surface area (Å²) < 4.78 is 0. The number of carboxylic acids is 1. The molecule has 1 fully saturated rings. The smallest absolute Gasteiger partial charge is 0.354 e. The number of likely N-dealkylation sites (tertiary alicyclic amines) is 1. The molecule has 0 bridgehead atoms. The van der Waals surface area contributed by atoms with Gasteiger partial charge < -0.3 is 5.11 Å². The molecule has 4 heteroatoms. The topological polar surface area (TPSA) is 53.4 Å². The van der Waals surface area contributed by atoms with Gasteiger partial charge in [-0.05, 0) is 43.0 Å². The minimum Gasteiger partial charge on any atom is -0.477 e. The van der Waals surface area contributed by atoms with E-state index in [0.29, 0.717) is 12.0 Å². The predicted octanol–water partition coefficient (Wildman–Crippen LogP) is 2.40. The summed E-state index contributed by atoms with van der Waals surface area (Å²) in [5, 5.41) is 9.10. The van der Waals surface area contributed by atoms with E-state index in [9.17, 15) is 4.79 Å². The number of aromatic nitrogens is 1. The molecule has 1 saturated heterocycles. The lowest BCUT2D eigenvalue weighted by Crippen LogP contribution is -2.37. The molecule has 1 aromatic rings. The van der Waals surface area contributed by atoms with Crippen molar-refractivity contribution in [1.82, 2.24) is 9.88 Å². The van der Waals surface area contributed by atoms with Gasteiger partial charge in [0.1, 0.15) is 0 Å². The minimum atomic E-state index is -0.942. The van der Waals surface area contributed by atoms with Gasteiger partial charge in [0, 0.05) is 12.7 Å². The van der Waals surface area contributed by atoms with Gasteiger partial charge in [0.2, 0.25) is 0 Å². The van der Waals surface area contributed by atoms with Gasteiger partial charge >= 0.3 is 5.97 Å². The fraction of sp³-hybridized carbons (Fsp3) is 0.571. The lowest BCUT2D eigenvalue weighted by molar-refractivity contribution is 0.0685. The van der Waals surface area contributed by atoms with Crippen LogP contribution in [0, 0.1) is 5.41 Å². The standard InChI is InChI=1S/C14H20N2O2/c1-14(2)5-8-16(9-6-14)10-11-4-3-7-15-12(11)13(17)18/h3-4,7H,5-6,8-10H2,1-2H3,(H,17,18). The number of hydrogen-bond donors (Lipinski definition) is 1. The van der Waals surface area contributed by atoms with E-state index in [2.05, 4.69) is 23.7 Å². The predicted molar refractivity (Wildman–Crippen MR) is 69.5 cm³/mol. The molecule has 0 radical (unpaired) electrons. The van der Waals surface area contributed by atoms with E-state index in [4.69, 9.17) is 5.11 Å². The third-order valence-electron chi connectivity index (χ3n) is 3.70. The first-order chi connectivity index (χ1) is 8.48.